The van der Waals surface area contributed by atoms with Gasteiger partial charge in [0.2, 0.25) is 5.91 Å². The summed E-state index contributed by atoms with van der Waals surface area (Å²) in [5.74, 6) is 1.01. The van der Waals surface area contributed by atoms with Crippen molar-refractivity contribution in [1.29, 1.82) is 0 Å². The van der Waals surface area contributed by atoms with Crippen LogP contribution in [0.4, 0.5) is 0 Å². The Labute approximate surface area is 168 Å². The molecule has 0 bridgehead atoms. The summed E-state index contributed by atoms with van der Waals surface area (Å²) in [4.78, 5) is 42.7. The molecule has 0 radical (unpaired) electrons. The van der Waals surface area contributed by atoms with Crippen LogP contribution >= 0.6 is 0 Å². The van der Waals surface area contributed by atoms with Gasteiger partial charge in [0.25, 0.3) is 11.5 Å². The standard InChI is InChI=1S/C21H24N4O4/c1-14(26)24-7-6-21(12-24)9-18-23-20(28)17(11-25(18)13-21)19(27)22-10-15-4-3-5-16(8-15)29-2/h3-5,8,11H,6-7,9-10,12-13H2,1-2H3,(H,22,27)/t21-/m1/s1. The number of hydrogen-bond acceptors (Lipinski definition) is 5. The number of fused-ring (bicyclic) bond motifs is 1. The number of hydrogen-bond donors (Lipinski definition) is 1. The first kappa shape index (κ1) is 19.2. The maximum absolute atomic E-state index is 12.6. The van der Waals surface area contributed by atoms with Crippen molar-refractivity contribution in [2.45, 2.75) is 32.9 Å². The Morgan fingerprint density at radius 2 is 2.14 bits per heavy atom. The average Bonchev–Trinajstić information content (AvgIpc) is 3.28. The molecule has 1 aromatic heterocycles. The molecule has 2 amide bonds. The first-order valence-electron chi connectivity index (χ1n) is 9.66. The van der Waals surface area contributed by atoms with Crippen LogP contribution in [0.25, 0.3) is 0 Å². The number of carbonyl (C=O) groups excluding carboxylic acids is 2. The Balaban J connectivity index is 1.48. The molecule has 1 saturated heterocycles. The summed E-state index contributed by atoms with van der Waals surface area (Å²) in [5, 5.41) is 2.78. The van der Waals surface area contributed by atoms with Crippen molar-refractivity contribution in [3.05, 3.63) is 57.8 Å². The number of methoxy groups -OCH3 is 1. The molecular formula is C21H24N4O4. The molecule has 152 valence electrons. The number of nitrogens with one attached hydrogen (secondary N) is 1. The quantitative estimate of drug-likeness (QED) is 0.832. The predicted molar refractivity (Wildman–Crippen MR) is 106 cm³/mol. The highest BCUT2D eigenvalue weighted by Crippen LogP contribution is 2.39. The van der Waals surface area contributed by atoms with Gasteiger partial charge in [0.15, 0.2) is 0 Å². The molecule has 8 nitrogen and oxygen atoms in total. The minimum atomic E-state index is -0.516. The summed E-state index contributed by atoms with van der Waals surface area (Å²) < 4.78 is 7.08. The van der Waals surface area contributed by atoms with Crippen LogP contribution in [-0.4, -0.2) is 46.5 Å². The third-order valence-electron chi connectivity index (χ3n) is 5.83. The molecule has 1 N–H and O–H groups in total. The number of aromatic nitrogens is 2. The molecule has 2 aliphatic heterocycles. The molecule has 0 aliphatic carbocycles. The van der Waals surface area contributed by atoms with Gasteiger partial charge in [-0.05, 0) is 24.1 Å². The summed E-state index contributed by atoms with van der Waals surface area (Å²) in [5.41, 5.74) is 0.308. The molecule has 1 atom stereocenters. The lowest BCUT2D eigenvalue weighted by atomic mass is 9.86. The summed E-state index contributed by atoms with van der Waals surface area (Å²) in [6, 6.07) is 7.38. The summed E-state index contributed by atoms with van der Waals surface area (Å²) in [7, 11) is 1.58. The molecule has 2 aliphatic rings. The minimum Gasteiger partial charge on any atom is -0.497 e. The van der Waals surface area contributed by atoms with E-state index in [2.05, 4.69) is 10.3 Å². The largest absolute Gasteiger partial charge is 0.497 e. The van der Waals surface area contributed by atoms with Gasteiger partial charge in [-0.1, -0.05) is 12.1 Å². The highest BCUT2D eigenvalue weighted by atomic mass is 16.5. The maximum Gasteiger partial charge on any atom is 0.285 e. The van der Waals surface area contributed by atoms with E-state index in [0.29, 0.717) is 31.1 Å². The van der Waals surface area contributed by atoms with Crippen LogP contribution < -0.4 is 15.6 Å². The second-order valence-electron chi connectivity index (χ2n) is 7.91. The molecule has 0 saturated carbocycles. The zero-order valence-corrected chi connectivity index (χ0v) is 16.6. The van der Waals surface area contributed by atoms with Gasteiger partial charge in [-0.2, -0.15) is 4.98 Å². The first-order valence-corrected chi connectivity index (χ1v) is 9.66. The molecule has 29 heavy (non-hydrogen) atoms. The van der Waals surface area contributed by atoms with Crippen molar-refractivity contribution in [2.24, 2.45) is 5.41 Å². The van der Waals surface area contributed by atoms with Gasteiger partial charge in [-0.3, -0.25) is 14.4 Å². The Kier molecular flexibility index (Phi) is 4.86. The average molecular weight is 396 g/mol. The van der Waals surface area contributed by atoms with E-state index in [1.54, 1.807) is 20.2 Å². The lowest BCUT2D eigenvalue weighted by molar-refractivity contribution is -0.128. The van der Waals surface area contributed by atoms with E-state index in [1.165, 1.54) is 0 Å². The third kappa shape index (κ3) is 3.74. The van der Waals surface area contributed by atoms with E-state index < -0.39 is 11.5 Å². The van der Waals surface area contributed by atoms with E-state index >= 15 is 0 Å². The topological polar surface area (TPSA) is 93.5 Å². The molecule has 1 fully saturated rings. The number of benzene rings is 1. The number of amides is 2. The van der Waals surface area contributed by atoms with Crippen LogP contribution in [-0.2, 0) is 24.3 Å². The van der Waals surface area contributed by atoms with Crippen LogP contribution in [0.3, 0.4) is 0 Å². The number of carbonyl (C=O) groups is 2. The molecule has 3 heterocycles. The van der Waals surface area contributed by atoms with E-state index in [1.807, 2.05) is 33.7 Å². The highest BCUT2D eigenvalue weighted by molar-refractivity contribution is 5.93. The summed E-state index contributed by atoms with van der Waals surface area (Å²) in [6.45, 7) is 3.91. The predicted octanol–water partition coefficient (Wildman–Crippen LogP) is 0.977. The molecule has 0 unspecified atom stereocenters. The normalized spacial score (nSPS) is 20.0. The fourth-order valence-electron chi connectivity index (χ4n) is 4.25. The van der Waals surface area contributed by atoms with Crippen molar-refractivity contribution < 1.29 is 14.3 Å². The first-order chi connectivity index (χ1) is 13.9. The zero-order valence-electron chi connectivity index (χ0n) is 16.6. The molecule has 1 aromatic carbocycles. The van der Waals surface area contributed by atoms with Crippen LogP contribution in [0.5, 0.6) is 5.75 Å². The smallest absolute Gasteiger partial charge is 0.285 e. The van der Waals surface area contributed by atoms with Crippen molar-refractivity contribution in [1.82, 2.24) is 19.8 Å². The third-order valence-corrected chi connectivity index (χ3v) is 5.83. The monoisotopic (exact) mass is 396 g/mol. The Bertz CT molecular complexity index is 1030. The van der Waals surface area contributed by atoms with Gasteiger partial charge in [-0.25, -0.2) is 0 Å². The van der Waals surface area contributed by atoms with Gasteiger partial charge < -0.3 is 19.5 Å². The number of ether oxygens (including phenoxy) is 1. The second kappa shape index (κ2) is 7.35. The molecule has 2 aromatic rings. The second-order valence-corrected chi connectivity index (χ2v) is 7.91. The fourth-order valence-corrected chi connectivity index (χ4v) is 4.25. The molecule has 8 heteroatoms. The van der Waals surface area contributed by atoms with Crippen molar-refractivity contribution >= 4 is 11.8 Å². The molecule has 1 spiro atoms. The fraction of sp³-hybridized carbons (Fsp3) is 0.429. The number of likely N-dealkylation sites (tertiary alicyclic amines) is 1. The molecule has 4 rings (SSSR count). The highest BCUT2D eigenvalue weighted by Gasteiger charge is 2.44. The van der Waals surface area contributed by atoms with E-state index in [0.717, 1.165) is 18.5 Å². The van der Waals surface area contributed by atoms with Gasteiger partial charge in [0.05, 0.1) is 7.11 Å². The van der Waals surface area contributed by atoms with E-state index in [4.69, 9.17) is 4.74 Å². The lowest BCUT2D eigenvalue weighted by Gasteiger charge is -2.22. The van der Waals surface area contributed by atoms with Crippen LogP contribution in [0.2, 0.25) is 0 Å². The van der Waals surface area contributed by atoms with Crippen molar-refractivity contribution in [3.63, 3.8) is 0 Å². The van der Waals surface area contributed by atoms with Gasteiger partial charge >= 0.3 is 0 Å². The van der Waals surface area contributed by atoms with Crippen LogP contribution in [0.15, 0.2) is 35.3 Å². The lowest BCUT2D eigenvalue weighted by Crippen LogP contribution is -2.31. The van der Waals surface area contributed by atoms with Crippen LogP contribution in [0.1, 0.15) is 35.1 Å². The van der Waals surface area contributed by atoms with Crippen LogP contribution in [0, 0.1) is 5.41 Å². The van der Waals surface area contributed by atoms with Crippen molar-refractivity contribution in [3.8, 4) is 5.75 Å². The van der Waals surface area contributed by atoms with E-state index in [-0.39, 0.29) is 23.4 Å². The summed E-state index contributed by atoms with van der Waals surface area (Å²) in [6.07, 6.45) is 3.13. The minimum absolute atomic E-state index is 0.0371. The van der Waals surface area contributed by atoms with Crippen molar-refractivity contribution in [2.75, 3.05) is 20.2 Å². The Morgan fingerprint density at radius 3 is 2.86 bits per heavy atom. The maximum atomic E-state index is 12.6. The number of nitrogens with zero attached hydrogens (tertiary/aromatic N) is 3. The Morgan fingerprint density at radius 1 is 1.31 bits per heavy atom. The van der Waals surface area contributed by atoms with E-state index in [9.17, 15) is 14.4 Å². The Hall–Kier alpha value is -3.16. The van der Waals surface area contributed by atoms with Gasteiger partial charge in [0.1, 0.15) is 17.1 Å². The summed E-state index contributed by atoms with van der Waals surface area (Å²) >= 11 is 0. The van der Waals surface area contributed by atoms with Gasteiger partial charge in [-0.15, -0.1) is 0 Å². The SMILES string of the molecule is COc1cccc(CNC(=O)c2cn3c(nc2=O)C[C@@]2(CCN(C(C)=O)C2)C3)c1. The van der Waals surface area contributed by atoms with Gasteiger partial charge in [0, 0.05) is 51.1 Å². The molecular weight excluding hydrogens is 372 g/mol. The number of rotatable bonds is 4. The zero-order chi connectivity index (χ0) is 20.6.